The Morgan fingerprint density at radius 3 is 2.59 bits per heavy atom. The zero-order chi connectivity index (χ0) is 20.4. The molecule has 1 aliphatic rings. The summed E-state index contributed by atoms with van der Waals surface area (Å²) in [5, 5.41) is 5.94. The van der Waals surface area contributed by atoms with Gasteiger partial charge in [-0.3, -0.25) is 9.59 Å². The van der Waals surface area contributed by atoms with Crippen molar-refractivity contribution < 1.29 is 9.59 Å². The van der Waals surface area contributed by atoms with Gasteiger partial charge < -0.3 is 15.5 Å². The van der Waals surface area contributed by atoms with Gasteiger partial charge in [0, 0.05) is 36.2 Å². The van der Waals surface area contributed by atoms with Gasteiger partial charge in [-0.05, 0) is 55.3 Å². The Kier molecular flexibility index (Phi) is 4.99. The first kappa shape index (κ1) is 18.7. The number of nitrogens with zero attached hydrogens (tertiary/aromatic N) is 2. The molecule has 0 saturated carbocycles. The van der Waals surface area contributed by atoms with Crippen molar-refractivity contribution in [3.05, 3.63) is 78.0 Å². The molecule has 1 atom stereocenters. The van der Waals surface area contributed by atoms with Gasteiger partial charge in [0.05, 0.1) is 5.56 Å². The Labute approximate surface area is 169 Å². The van der Waals surface area contributed by atoms with Crippen LogP contribution in [0.3, 0.4) is 0 Å². The second kappa shape index (κ2) is 7.75. The molecule has 2 heterocycles. The summed E-state index contributed by atoms with van der Waals surface area (Å²) in [6.07, 6.45) is 2.45. The number of anilines is 4. The number of aromatic nitrogens is 1. The van der Waals surface area contributed by atoms with E-state index in [1.807, 2.05) is 47.4 Å². The number of fused-ring (bicyclic) bond motifs is 1. The highest BCUT2D eigenvalue weighted by Gasteiger charge is 2.31. The van der Waals surface area contributed by atoms with E-state index in [9.17, 15) is 9.59 Å². The highest BCUT2D eigenvalue weighted by molar-refractivity contribution is 6.07. The van der Waals surface area contributed by atoms with Crippen LogP contribution in [0.25, 0.3) is 0 Å². The lowest BCUT2D eigenvalue weighted by Gasteiger charge is -2.22. The zero-order valence-electron chi connectivity index (χ0n) is 16.3. The van der Waals surface area contributed by atoms with Crippen LogP contribution in [-0.2, 0) is 11.2 Å². The number of amides is 2. The Morgan fingerprint density at radius 2 is 1.83 bits per heavy atom. The molecule has 3 aromatic rings. The fourth-order valence-electron chi connectivity index (χ4n) is 3.63. The quantitative estimate of drug-likeness (QED) is 0.698. The second-order valence-electron chi connectivity index (χ2n) is 7.18. The second-order valence-corrected chi connectivity index (χ2v) is 7.18. The zero-order valence-corrected chi connectivity index (χ0v) is 16.3. The van der Waals surface area contributed by atoms with E-state index in [0.29, 0.717) is 17.1 Å². The van der Waals surface area contributed by atoms with E-state index in [-0.39, 0.29) is 17.9 Å². The molecule has 0 bridgehead atoms. The van der Waals surface area contributed by atoms with Crippen LogP contribution in [0.2, 0.25) is 0 Å². The fourth-order valence-corrected chi connectivity index (χ4v) is 3.63. The van der Waals surface area contributed by atoms with Crippen LogP contribution < -0.4 is 15.5 Å². The number of hydrogen-bond acceptors (Lipinski definition) is 4. The van der Waals surface area contributed by atoms with Crippen molar-refractivity contribution in [3.8, 4) is 0 Å². The van der Waals surface area contributed by atoms with Crippen LogP contribution >= 0.6 is 0 Å². The first-order valence-corrected chi connectivity index (χ1v) is 9.53. The summed E-state index contributed by atoms with van der Waals surface area (Å²) in [5.41, 5.74) is 4.22. The molecular weight excluding hydrogens is 364 g/mol. The molecule has 2 N–H and O–H groups in total. The fraction of sp³-hybridized carbons (Fsp3) is 0.174. The topological polar surface area (TPSA) is 74.3 Å². The van der Waals surface area contributed by atoms with Gasteiger partial charge in [0.25, 0.3) is 5.91 Å². The summed E-state index contributed by atoms with van der Waals surface area (Å²) in [6.45, 7) is 3.53. The molecule has 0 fully saturated rings. The van der Waals surface area contributed by atoms with Crippen LogP contribution in [0.1, 0.15) is 29.8 Å². The first-order valence-electron chi connectivity index (χ1n) is 9.53. The molecule has 0 radical (unpaired) electrons. The molecule has 29 heavy (non-hydrogen) atoms. The summed E-state index contributed by atoms with van der Waals surface area (Å²) >= 11 is 0. The van der Waals surface area contributed by atoms with Crippen LogP contribution in [0.5, 0.6) is 0 Å². The standard InChI is InChI=1S/C23H22N4O2/c1-15-12-17-6-3-4-9-21(17)27(15)23(29)18-10-11-22(24-14-18)26-20-8-5-7-19(13-20)25-16(2)28/h3-11,13-15H,12H2,1-2H3,(H,24,26)(H,25,28). The van der Waals surface area contributed by atoms with Crippen molar-refractivity contribution in [2.75, 3.05) is 15.5 Å². The molecule has 6 nitrogen and oxygen atoms in total. The Hall–Kier alpha value is -3.67. The lowest BCUT2D eigenvalue weighted by molar-refractivity contribution is -0.114. The minimum absolute atomic E-state index is 0.0471. The van der Waals surface area contributed by atoms with Gasteiger partial charge in [-0.15, -0.1) is 0 Å². The molecule has 0 saturated heterocycles. The Bertz CT molecular complexity index is 1060. The third kappa shape index (κ3) is 3.96. The highest BCUT2D eigenvalue weighted by Crippen LogP contribution is 2.33. The van der Waals surface area contributed by atoms with E-state index in [2.05, 4.69) is 28.6 Å². The van der Waals surface area contributed by atoms with Crippen LogP contribution in [0.15, 0.2) is 66.9 Å². The number of hydrogen-bond donors (Lipinski definition) is 2. The van der Waals surface area contributed by atoms with E-state index in [1.54, 1.807) is 18.3 Å². The lowest BCUT2D eigenvalue weighted by atomic mass is 10.1. The average Bonchev–Trinajstić information content (AvgIpc) is 3.03. The molecule has 1 aliphatic heterocycles. The third-order valence-corrected chi connectivity index (χ3v) is 4.89. The van der Waals surface area contributed by atoms with Crippen molar-refractivity contribution in [2.45, 2.75) is 26.3 Å². The SMILES string of the molecule is CC(=O)Nc1cccc(Nc2ccc(C(=O)N3c4ccccc4CC3C)cn2)c1. The van der Waals surface area contributed by atoms with Crippen molar-refractivity contribution in [2.24, 2.45) is 0 Å². The molecule has 1 unspecified atom stereocenters. The summed E-state index contributed by atoms with van der Waals surface area (Å²) in [4.78, 5) is 30.5. The number of nitrogens with one attached hydrogen (secondary N) is 2. The maximum atomic E-state index is 13.1. The molecule has 0 spiro atoms. The van der Waals surface area contributed by atoms with Gasteiger partial charge in [0.15, 0.2) is 0 Å². The summed E-state index contributed by atoms with van der Waals surface area (Å²) in [5.74, 6) is 0.450. The Morgan fingerprint density at radius 1 is 1.03 bits per heavy atom. The maximum Gasteiger partial charge on any atom is 0.260 e. The maximum absolute atomic E-state index is 13.1. The van der Waals surface area contributed by atoms with Gasteiger partial charge >= 0.3 is 0 Å². The minimum Gasteiger partial charge on any atom is -0.340 e. The first-order chi connectivity index (χ1) is 14.0. The summed E-state index contributed by atoms with van der Waals surface area (Å²) in [7, 11) is 0. The molecule has 2 amide bonds. The minimum atomic E-state index is -0.124. The average molecular weight is 386 g/mol. The lowest BCUT2D eigenvalue weighted by Crippen LogP contribution is -2.35. The van der Waals surface area contributed by atoms with Crippen molar-refractivity contribution >= 4 is 34.7 Å². The smallest absolute Gasteiger partial charge is 0.260 e. The predicted octanol–water partition coefficient (Wildman–Crippen LogP) is 4.38. The molecular formula is C23H22N4O2. The molecule has 0 aliphatic carbocycles. The number of benzene rings is 2. The monoisotopic (exact) mass is 386 g/mol. The van der Waals surface area contributed by atoms with Crippen LogP contribution in [-0.4, -0.2) is 22.8 Å². The van der Waals surface area contributed by atoms with E-state index in [4.69, 9.17) is 0 Å². The summed E-state index contributed by atoms with van der Waals surface area (Å²) < 4.78 is 0. The van der Waals surface area contributed by atoms with E-state index in [0.717, 1.165) is 17.8 Å². The van der Waals surface area contributed by atoms with Crippen molar-refractivity contribution in [1.29, 1.82) is 0 Å². The number of carbonyl (C=O) groups excluding carboxylic acids is 2. The van der Waals surface area contributed by atoms with Gasteiger partial charge in [-0.2, -0.15) is 0 Å². The summed E-state index contributed by atoms with van der Waals surface area (Å²) in [6, 6.07) is 19.1. The third-order valence-electron chi connectivity index (χ3n) is 4.89. The number of para-hydroxylation sites is 1. The molecule has 146 valence electrons. The van der Waals surface area contributed by atoms with Crippen molar-refractivity contribution in [1.82, 2.24) is 4.98 Å². The number of carbonyl (C=O) groups is 2. The highest BCUT2D eigenvalue weighted by atomic mass is 16.2. The molecule has 2 aromatic carbocycles. The van der Waals surface area contributed by atoms with Crippen molar-refractivity contribution in [3.63, 3.8) is 0 Å². The van der Waals surface area contributed by atoms with Crippen LogP contribution in [0, 0.1) is 0 Å². The largest absolute Gasteiger partial charge is 0.340 e. The molecule has 1 aromatic heterocycles. The number of rotatable bonds is 4. The Balaban J connectivity index is 1.50. The van der Waals surface area contributed by atoms with E-state index >= 15 is 0 Å². The van der Waals surface area contributed by atoms with Gasteiger partial charge in [-0.25, -0.2) is 4.98 Å². The van der Waals surface area contributed by atoms with E-state index in [1.165, 1.54) is 12.5 Å². The molecule has 6 heteroatoms. The number of pyridine rings is 1. The van der Waals surface area contributed by atoms with Gasteiger partial charge in [0.1, 0.15) is 5.82 Å². The normalized spacial score (nSPS) is 15.0. The van der Waals surface area contributed by atoms with Gasteiger partial charge in [0.2, 0.25) is 5.91 Å². The predicted molar refractivity (Wildman–Crippen MR) is 115 cm³/mol. The van der Waals surface area contributed by atoms with Crippen LogP contribution in [0.4, 0.5) is 22.9 Å². The molecule has 4 rings (SSSR count). The van der Waals surface area contributed by atoms with Gasteiger partial charge in [-0.1, -0.05) is 24.3 Å². The van der Waals surface area contributed by atoms with E-state index < -0.39 is 0 Å².